The van der Waals surface area contributed by atoms with E-state index in [1.165, 1.54) is 19.2 Å². The molecule has 18 heteroatoms. The normalized spacial score (nSPS) is 11.5. The van der Waals surface area contributed by atoms with Gasteiger partial charge in [0.15, 0.2) is 11.6 Å². The molecule has 0 fully saturated rings. The molecule has 16 nitrogen and oxygen atoms in total. The van der Waals surface area contributed by atoms with E-state index in [4.69, 9.17) is 23.7 Å². The number of esters is 1. The van der Waals surface area contributed by atoms with Gasteiger partial charge in [-0.2, -0.15) is 9.97 Å². The van der Waals surface area contributed by atoms with Crippen LogP contribution in [0.5, 0.6) is 23.8 Å². The minimum Gasteiger partial charge on any atom is -0.481 e. The third-order valence-electron chi connectivity index (χ3n) is 9.33. The van der Waals surface area contributed by atoms with Gasteiger partial charge in [0, 0.05) is 35.7 Å². The second kappa shape index (κ2) is 19.8. The topological polar surface area (TPSA) is 209 Å². The Hall–Kier alpha value is -6.98. The Labute approximate surface area is 363 Å². The smallest absolute Gasteiger partial charge is 0.336 e. The number of benzene rings is 2. The number of aromatic nitrogens is 8. The Morgan fingerprint density at radius 3 is 1.43 bits per heavy atom. The van der Waals surface area contributed by atoms with E-state index in [-0.39, 0.29) is 66.2 Å². The predicted molar refractivity (Wildman–Crippen MR) is 229 cm³/mol. The van der Waals surface area contributed by atoms with Crippen molar-refractivity contribution in [1.82, 2.24) is 40.3 Å². The first-order valence-corrected chi connectivity index (χ1v) is 20.0. The highest BCUT2D eigenvalue weighted by Crippen LogP contribution is 2.32. The number of carboxylic acid groups (broad SMARTS) is 1. The van der Waals surface area contributed by atoms with E-state index in [9.17, 15) is 23.5 Å². The Kier molecular flexibility index (Phi) is 14.8. The summed E-state index contributed by atoms with van der Waals surface area (Å²) in [7, 11) is 1.34. The summed E-state index contributed by atoms with van der Waals surface area (Å²) in [5, 5.41) is 22.5. The van der Waals surface area contributed by atoms with Gasteiger partial charge in [0.1, 0.15) is 24.8 Å². The zero-order valence-corrected chi connectivity index (χ0v) is 37.1. The summed E-state index contributed by atoms with van der Waals surface area (Å²) in [6.45, 7) is 17.9. The van der Waals surface area contributed by atoms with Crippen molar-refractivity contribution in [3.8, 4) is 68.8 Å². The maximum Gasteiger partial charge on any atom is 0.336 e. The lowest BCUT2D eigenvalue weighted by atomic mass is 9.95. The van der Waals surface area contributed by atoms with Crippen LogP contribution in [0.2, 0.25) is 0 Å². The number of hydrogen-bond acceptors (Lipinski definition) is 13. The molecule has 2 aromatic carbocycles. The number of aromatic amines is 2. The van der Waals surface area contributed by atoms with Crippen LogP contribution in [0.4, 0.5) is 8.78 Å². The Morgan fingerprint density at radius 2 is 1.08 bits per heavy atom. The number of pyridine rings is 2. The van der Waals surface area contributed by atoms with Crippen molar-refractivity contribution in [2.24, 2.45) is 10.8 Å². The first kappa shape index (κ1) is 47.1. The number of aliphatic carboxylic acids is 1. The fourth-order valence-corrected chi connectivity index (χ4v) is 5.74. The van der Waals surface area contributed by atoms with Crippen LogP contribution in [-0.4, -0.2) is 89.9 Å². The second-order valence-electron chi connectivity index (χ2n) is 16.5. The quantitative estimate of drug-likeness (QED) is 0.0778. The van der Waals surface area contributed by atoms with Crippen LogP contribution in [0, 0.1) is 36.3 Å². The molecule has 6 rings (SSSR count). The molecule has 334 valence electrons. The van der Waals surface area contributed by atoms with Gasteiger partial charge in [-0.05, 0) is 116 Å². The summed E-state index contributed by atoms with van der Waals surface area (Å²) in [5.74, 6) is -0.980. The average Bonchev–Trinajstić information content (AvgIpc) is 3.88. The van der Waals surface area contributed by atoms with Gasteiger partial charge in [-0.25, -0.2) is 18.7 Å². The van der Waals surface area contributed by atoms with Crippen LogP contribution < -0.4 is 18.9 Å². The first-order valence-electron chi connectivity index (χ1n) is 20.0. The molecule has 0 aliphatic rings. The third-order valence-corrected chi connectivity index (χ3v) is 9.33. The van der Waals surface area contributed by atoms with Crippen molar-refractivity contribution >= 4 is 11.9 Å². The van der Waals surface area contributed by atoms with Crippen LogP contribution in [0.1, 0.15) is 66.5 Å². The Balaban J connectivity index is 0.000000238. The number of hydrogen-bond donors (Lipinski definition) is 3. The number of nitrogens with zero attached hydrogens (tertiary/aromatic N) is 6. The van der Waals surface area contributed by atoms with E-state index < -0.39 is 28.4 Å². The second-order valence-corrected chi connectivity index (χ2v) is 16.5. The Morgan fingerprint density at radius 1 is 0.667 bits per heavy atom. The van der Waals surface area contributed by atoms with Gasteiger partial charge in [-0.3, -0.25) is 19.8 Å². The minimum absolute atomic E-state index is 0.0167. The molecule has 63 heavy (non-hydrogen) atoms. The lowest BCUT2D eigenvalue weighted by Gasteiger charge is -2.21. The van der Waals surface area contributed by atoms with Crippen molar-refractivity contribution in [3.05, 3.63) is 83.7 Å². The molecule has 0 radical (unpaired) electrons. The summed E-state index contributed by atoms with van der Waals surface area (Å²) in [6, 6.07) is 13.4. The van der Waals surface area contributed by atoms with Crippen molar-refractivity contribution in [2.75, 3.05) is 20.3 Å². The van der Waals surface area contributed by atoms with Gasteiger partial charge in [0.05, 0.1) is 41.3 Å². The number of H-pyrrole nitrogens is 2. The van der Waals surface area contributed by atoms with E-state index in [1.807, 2.05) is 41.5 Å². The molecule has 0 atom stereocenters. The number of carbonyl (C=O) groups excluding carboxylic acids is 1. The molecule has 4 aromatic heterocycles. The number of carboxylic acids is 1. The van der Waals surface area contributed by atoms with E-state index >= 15 is 0 Å². The summed E-state index contributed by atoms with van der Waals surface area (Å²) < 4.78 is 56.5. The average molecular weight is 871 g/mol. The summed E-state index contributed by atoms with van der Waals surface area (Å²) in [5.41, 5.74) is 3.19. The molecule has 0 bridgehead atoms. The van der Waals surface area contributed by atoms with Gasteiger partial charge >= 0.3 is 24.0 Å². The maximum absolute atomic E-state index is 14.8. The highest BCUT2D eigenvalue weighted by molar-refractivity contribution is 5.76. The number of nitrogens with one attached hydrogen (secondary N) is 2. The molecule has 0 aliphatic carbocycles. The van der Waals surface area contributed by atoms with E-state index in [2.05, 4.69) is 40.3 Å². The number of methoxy groups -OCH3 is 1. The molecular formula is C45H52F2N8O8. The highest BCUT2D eigenvalue weighted by atomic mass is 19.1. The van der Waals surface area contributed by atoms with Crippen LogP contribution >= 0.6 is 0 Å². The molecule has 6 aromatic rings. The SMILES string of the molecule is COC(=O)C(C)(C)COc1cc(C)c(-c2ccc(-c3nc(OC(C)C)n[nH]3)c(F)c2)cn1.Cc1cc(OCC(C)(C)C(=O)O)ncc1-c1ccc(-c2nc(OC(C)C)n[nH]2)c(F)c1. The lowest BCUT2D eigenvalue weighted by molar-refractivity contribution is -0.152. The molecule has 0 unspecified atom stereocenters. The monoisotopic (exact) mass is 870 g/mol. The third kappa shape index (κ3) is 12.1. The molecule has 3 N–H and O–H groups in total. The molecular weight excluding hydrogens is 819 g/mol. The largest absolute Gasteiger partial charge is 0.481 e. The molecule has 0 saturated heterocycles. The fraction of sp³-hybridized carbons (Fsp3) is 0.378. The molecule has 0 amide bonds. The summed E-state index contributed by atoms with van der Waals surface area (Å²) in [4.78, 5) is 39.9. The standard InChI is InChI=1S/C23H27FN4O4.C22H25FN4O4/c1-13(2)32-22-26-20(27-28-22)16-8-7-15(10-18(16)24)17-11-25-19(9-14(17)3)31-12-23(4,5)21(29)30-6;1-12(2)31-21-25-19(26-27-21)15-7-6-14(9-17(15)23)16-10-24-18(8-13(16)3)30-11-22(4,5)20(28)29/h7-11,13H,12H2,1-6H3,(H,26,27,28);6-10,12H,11H2,1-5H3,(H,28,29)(H,25,26,27). The van der Waals surface area contributed by atoms with Crippen LogP contribution in [0.25, 0.3) is 45.0 Å². The van der Waals surface area contributed by atoms with Crippen molar-refractivity contribution in [1.29, 1.82) is 0 Å². The molecule has 0 aliphatic heterocycles. The summed E-state index contributed by atoms with van der Waals surface area (Å²) >= 11 is 0. The lowest BCUT2D eigenvalue weighted by Crippen LogP contribution is -2.32. The molecule has 4 heterocycles. The van der Waals surface area contributed by atoms with E-state index in [0.717, 1.165) is 22.3 Å². The van der Waals surface area contributed by atoms with Gasteiger partial charge in [0.2, 0.25) is 11.8 Å². The van der Waals surface area contributed by atoms with Crippen molar-refractivity contribution in [2.45, 2.75) is 81.4 Å². The van der Waals surface area contributed by atoms with Gasteiger partial charge in [-0.1, -0.05) is 12.1 Å². The number of halogens is 2. The number of ether oxygens (including phenoxy) is 5. The Bertz CT molecular complexity index is 2550. The maximum atomic E-state index is 14.8. The molecule has 0 saturated carbocycles. The zero-order valence-electron chi connectivity index (χ0n) is 37.1. The van der Waals surface area contributed by atoms with Crippen molar-refractivity contribution in [3.63, 3.8) is 0 Å². The van der Waals surface area contributed by atoms with E-state index in [0.29, 0.717) is 22.9 Å². The zero-order chi connectivity index (χ0) is 46.2. The van der Waals surface area contributed by atoms with Crippen molar-refractivity contribution < 1.29 is 47.2 Å². The highest BCUT2D eigenvalue weighted by Gasteiger charge is 2.30. The van der Waals surface area contributed by atoms with Crippen LogP contribution in [0.3, 0.4) is 0 Å². The summed E-state index contributed by atoms with van der Waals surface area (Å²) in [6.07, 6.45) is 3.02. The number of carbonyl (C=O) groups is 2. The fourth-order valence-electron chi connectivity index (χ4n) is 5.74. The van der Waals surface area contributed by atoms with Gasteiger partial charge in [0.25, 0.3) is 0 Å². The van der Waals surface area contributed by atoms with Gasteiger partial charge < -0.3 is 28.8 Å². The predicted octanol–water partition coefficient (Wildman–Crippen LogP) is 8.60. The van der Waals surface area contributed by atoms with E-state index in [1.54, 1.807) is 76.5 Å². The minimum atomic E-state index is -1.03. The number of rotatable bonds is 16. The molecule has 0 spiro atoms. The first-order chi connectivity index (χ1) is 29.7. The van der Waals surface area contributed by atoms with Gasteiger partial charge in [-0.15, -0.1) is 10.2 Å². The van der Waals surface area contributed by atoms with Crippen LogP contribution in [0.15, 0.2) is 60.9 Å². The van der Waals surface area contributed by atoms with Crippen LogP contribution in [-0.2, 0) is 14.3 Å². The number of aryl methyl sites for hydroxylation is 2.